The van der Waals surface area contributed by atoms with E-state index in [1.54, 1.807) is 14.2 Å². The standard InChI is InChI=1S/C8H18O2/c1-7(9-3)5-6-8(2)10-4/h7-8H,5-6H2,1-4H3. The zero-order chi connectivity index (χ0) is 7.98. The molecule has 0 aromatic carbocycles. The van der Waals surface area contributed by atoms with Crippen molar-refractivity contribution in [3.8, 4) is 0 Å². The molecule has 0 aromatic rings. The van der Waals surface area contributed by atoms with Crippen molar-refractivity contribution in [1.29, 1.82) is 0 Å². The van der Waals surface area contributed by atoms with Gasteiger partial charge in [0, 0.05) is 14.2 Å². The van der Waals surface area contributed by atoms with Crippen molar-refractivity contribution >= 4 is 0 Å². The third kappa shape index (κ3) is 4.77. The second kappa shape index (κ2) is 5.69. The molecular formula is C8H18O2. The first-order valence-corrected chi connectivity index (χ1v) is 3.76. The minimum atomic E-state index is 0.359. The quantitative estimate of drug-likeness (QED) is 0.589. The second-order valence-corrected chi connectivity index (χ2v) is 2.67. The topological polar surface area (TPSA) is 18.5 Å². The zero-order valence-corrected chi connectivity index (χ0v) is 7.39. The van der Waals surface area contributed by atoms with Crippen LogP contribution in [0.5, 0.6) is 0 Å². The first-order chi connectivity index (χ1) is 4.70. The molecule has 0 radical (unpaired) electrons. The Balaban J connectivity index is 3.17. The van der Waals surface area contributed by atoms with E-state index in [9.17, 15) is 0 Å². The maximum Gasteiger partial charge on any atom is 0.0544 e. The van der Waals surface area contributed by atoms with E-state index < -0.39 is 0 Å². The molecule has 2 heteroatoms. The van der Waals surface area contributed by atoms with Crippen LogP contribution in [-0.2, 0) is 9.47 Å². The lowest BCUT2D eigenvalue weighted by Crippen LogP contribution is -2.11. The summed E-state index contributed by atoms with van der Waals surface area (Å²) >= 11 is 0. The summed E-state index contributed by atoms with van der Waals surface area (Å²) in [6, 6.07) is 0. The van der Waals surface area contributed by atoms with Crippen molar-refractivity contribution in [2.45, 2.75) is 38.9 Å². The van der Waals surface area contributed by atoms with Gasteiger partial charge in [-0.25, -0.2) is 0 Å². The van der Waals surface area contributed by atoms with E-state index >= 15 is 0 Å². The number of rotatable bonds is 5. The average molecular weight is 146 g/mol. The van der Waals surface area contributed by atoms with Crippen molar-refractivity contribution in [1.82, 2.24) is 0 Å². The fraction of sp³-hybridized carbons (Fsp3) is 1.00. The molecule has 0 heterocycles. The summed E-state index contributed by atoms with van der Waals surface area (Å²) < 4.78 is 10.2. The van der Waals surface area contributed by atoms with Crippen molar-refractivity contribution < 1.29 is 9.47 Å². The number of methoxy groups -OCH3 is 2. The Hall–Kier alpha value is -0.0800. The van der Waals surface area contributed by atoms with Gasteiger partial charge < -0.3 is 9.47 Å². The van der Waals surface area contributed by atoms with E-state index in [1.165, 1.54) is 0 Å². The van der Waals surface area contributed by atoms with Crippen LogP contribution in [-0.4, -0.2) is 26.4 Å². The van der Waals surface area contributed by atoms with Crippen LogP contribution in [0.3, 0.4) is 0 Å². The van der Waals surface area contributed by atoms with Gasteiger partial charge in [-0.15, -0.1) is 0 Å². The van der Waals surface area contributed by atoms with Crippen LogP contribution in [0, 0.1) is 0 Å². The van der Waals surface area contributed by atoms with Gasteiger partial charge in [0.25, 0.3) is 0 Å². The fourth-order valence-corrected chi connectivity index (χ4v) is 0.705. The van der Waals surface area contributed by atoms with Gasteiger partial charge in [-0.05, 0) is 26.7 Å². The Labute approximate surface area is 63.5 Å². The van der Waals surface area contributed by atoms with E-state index in [0.29, 0.717) is 12.2 Å². The third-order valence-corrected chi connectivity index (χ3v) is 1.78. The van der Waals surface area contributed by atoms with Crippen LogP contribution >= 0.6 is 0 Å². The van der Waals surface area contributed by atoms with Gasteiger partial charge in [-0.2, -0.15) is 0 Å². The molecule has 0 aromatic heterocycles. The van der Waals surface area contributed by atoms with E-state index in [2.05, 4.69) is 13.8 Å². The van der Waals surface area contributed by atoms with Crippen molar-refractivity contribution in [2.75, 3.05) is 14.2 Å². The molecule has 0 aliphatic heterocycles. The minimum Gasteiger partial charge on any atom is -0.382 e. The monoisotopic (exact) mass is 146 g/mol. The van der Waals surface area contributed by atoms with Crippen LogP contribution in [0.2, 0.25) is 0 Å². The van der Waals surface area contributed by atoms with E-state index in [0.717, 1.165) is 12.8 Å². The number of ether oxygens (including phenoxy) is 2. The Morgan fingerprint density at radius 3 is 1.40 bits per heavy atom. The average Bonchev–Trinajstić information content (AvgIpc) is 1.99. The van der Waals surface area contributed by atoms with Gasteiger partial charge in [0.2, 0.25) is 0 Å². The highest BCUT2D eigenvalue weighted by molar-refractivity contribution is 4.54. The van der Waals surface area contributed by atoms with E-state index in [-0.39, 0.29) is 0 Å². The molecular weight excluding hydrogens is 128 g/mol. The molecule has 0 bridgehead atoms. The SMILES string of the molecule is COC(C)CCC(C)OC. The molecule has 62 valence electrons. The Morgan fingerprint density at radius 1 is 0.900 bits per heavy atom. The Bertz CT molecular complexity index is 63.7. The van der Waals surface area contributed by atoms with Gasteiger partial charge in [-0.1, -0.05) is 0 Å². The molecule has 0 amide bonds. The molecule has 0 spiro atoms. The smallest absolute Gasteiger partial charge is 0.0544 e. The summed E-state index contributed by atoms with van der Waals surface area (Å²) in [5.74, 6) is 0. The normalized spacial score (nSPS) is 16.8. The lowest BCUT2D eigenvalue weighted by Gasteiger charge is -2.12. The largest absolute Gasteiger partial charge is 0.382 e. The van der Waals surface area contributed by atoms with Gasteiger partial charge in [0.05, 0.1) is 12.2 Å². The molecule has 0 aliphatic rings. The molecule has 0 aliphatic carbocycles. The molecule has 2 unspecified atom stereocenters. The van der Waals surface area contributed by atoms with Crippen LogP contribution < -0.4 is 0 Å². The van der Waals surface area contributed by atoms with Crippen LogP contribution in [0.25, 0.3) is 0 Å². The molecule has 0 rings (SSSR count). The predicted octanol–water partition coefficient (Wildman–Crippen LogP) is 1.84. The highest BCUT2D eigenvalue weighted by Crippen LogP contribution is 2.05. The van der Waals surface area contributed by atoms with Gasteiger partial charge >= 0.3 is 0 Å². The molecule has 2 atom stereocenters. The molecule has 0 saturated heterocycles. The van der Waals surface area contributed by atoms with E-state index in [1.807, 2.05) is 0 Å². The summed E-state index contributed by atoms with van der Waals surface area (Å²) in [6.07, 6.45) is 2.87. The van der Waals surface area contributed by atoms with Crippen LogP contribution in [0.15, 0.2) is 0 Å². The number of hydrogen-bond donors (Lipinski definition) is 0. The lowest BCUT2D eigenvalue weighted by molar-refractivity contribution is 0.0696. The third-order valence-electron chi connectivity index (χ3n) is 1.78. The highest BCUT2D eigenvalue weighted by atomic mass is 16.5. The summed E-state index contributed by atoms with van der Waals surface area (Å²) in [6.45, 7) is 4.14. The summed E-state index contributed by atoms with van der Waals surface area (Å²) in [5, 5.41) is 0. The van der Waals surface area contributed by atoms with E-state index in [4.69, 9.17) is 9.47 Å². The lowest BCUT2D eigenvalue weighted by atomic mass is 10.1. The first kappa shape index (κ1) is 9.92. The van der Waals surface area contributed by atoms with Gasteiger partial charge in [0.1, 0.15) is 0 Å². The molecule has 2 nitrogen and oxygen atoms in total. The van der Waals surface area contributed by atoms with Crippen LogP contribution in [0.4, 0.5) is 0 Å². The zero-order valence-electron chi connectivity index (χ0n) is 7.39. The Morgan fingerprint density at radius 2 is 1.20 bits per heavy atom. The fourth-order valence-electron chi connectivity index (χ4n) is 0.705. The van der Waals surface area contributed by atoms with Crippen molar-refractivity contribution in [2.24, 2.45) is 0 Å². The van der Waals surface area contributed by atoms with Crippen molar-refractivity contribution in [3.63, 3.8) is 0 Å². The maximum atomic E-state index is 5.09. The summed E-state index contributed by atoms with van der Waals surface area (Å²) in [5.41, 5.74) is 0. The molecule has 10 heavy (non-hydrogen) atoms. The van der Waals surface area contributed by atoms with Crippen LogP contribution in [0.1, 0.15) is 26.7 Å². The predicted molar refractivity (Wildman–Crippen MR) is 42.2 cm³/mol. The highest BCUT2D eigenvalue weighted by Gasteiger charge is 2.03. The first-order valence-electron chi connectivity index (χ1n) is 3.76. The minimum absolute atomic E-state index is 0.359. The molecule has 0 fully saturated rings. The maximum absolute atomic E-state index is 5.09. The van der Waals surface area contributed by atoms with Crippen molar-refractivity contribution in [3.05, 3.63) is 0 Å². The van der Waals surface area contributed by atoms with Gasteiger partial charge in [-0.3, -0.25) is 0 Å². The number of hydrogen-bond acceptors (Lipinski definition) is 2. The molecule has 0 saturated carbocycles. The summed E-state index contributed by atoms with van der Waals surface area (Å²) in [7, 11) is 3.48. The summed E-state index contributed by atoms with van der Waals surface area (Å²) in [4.78, 5) is 0. The Kier molecular flexibility index (Phi) is 5.64. The molecule has 0 N–H and O–H groups in total. The van der Waals surface area contributed by atoms with Gasteiger partial charge in [0.15, 0.2) is 0 Å². The second-order valence-electron chi connectivity index (χ2n) is 2.67.